The van der Waals surface area contributed by atoms with Crippen LogP contribution in [-0.2, 0) is 22.3 Å². The lowest BCUT2D eigenvalue weighted by molar-refractivity contribution is -0.278. The molecule has 53 heavy (non-hydrogen) atoms. The monoisotopic (exact) mass is 852 g/mol. The number of halogens is 9. The van der Waals surface area contributed by atoms with Crippen LogP contribution in [0.1, 0.15) is 52.7 Å². The molecule has 0 saturated heterocycles. The van der Waals surface area contributed by atoms with Crippen LogP contribution in [0.2, 0.25) is 19.6 Å². The van der Waals surface area contributed by atoms with Crippen molar-refractivity contribution in [2.24, 2.45) is 0 Å². The highest BCUT2D eigenvalue weighted by Gasteiger charge is 2.66. The molecule has 0 atom stereocenters. The first-order valence-corrected chi connectivity index (χ1v) is 20.6. The molecule has 0 aliphatic heterocycles. The first kappa shape index (κ1) is 47.7. The highest BCUT2D eigenvalue weighted by molar-refractivity contribution is 9.10. The second kappa shape index (κ2) is 17.9. The SMILES string of the molecule is CN(CCc1ccc(OC(F)(F)C(F)(F)Br)cc1)C(=O)OC(C)(C)C.CN(CCc1ccc(OC(F)(F)C(F)(F)[Si](C)(C)C)cc1)C(=O)OC(C)(C)C. The minimum atomic E-state index is -4.68. The summed E-state index contributed by atoms with van der Waals surface area (Å²) in [5, 5.41) is 0. The summed E-state index contributed by atoms with van der Waals surface area (Å²) < 4.78 is 126. The molecular formula is C35H49BrF8N2O6Si. The zero-order valence-corrected chi connectivity index (χ0v) is 34.3. The van der Waals surface area contributed by atoms with E-state index in [2.05, 4.69) is 9.47 Å². The Morgan fingerprint density at radius 2 is 0.906 bits per heavy atom. The molecule has 0 radical (unpaired) electrons. The van der Waals surface area contributed by atoms with E-state index in [0.29, 0.717) is 25.9 Å². The van der Waals surface area contributed by atoms with Crippen molar-refractivity contribution in [3.63, 3.8) is 0 Å². The molecule has 0 aliphatic rings. The molecule has 18 heteroatoms. The van der Waals surface area contributed by atoms with Crippen LogP contribution >= 0.6 is 15.9 Å². The highest BCUT2D eigenvalue weighted by atomic mass is 79.9. The topological polar surface area (TPSA) is 77.5 Å². The third-order valence-corrected chi connectivity index (χ3v) is 9.49. The first-order chi connectivity index (χ1) is 23.7. The van der Waals surface area contributed by atoms with E-state index in [0.717, 1.165) is 42.9 Å². The number of ether oxygens (including phenoxy) is 4. The maximum atomic E-state index is 14.0. The second-order valence-electron chi connectivity index (χ2n) is 15.2. The van der Waals surface area contributed by atoms with Gasteiger partial charge in [-0.15, -0.1) is 0 Å². The number of hydrogen-bond acceptors (Lipinski definition) is 6. The Morgan fingerprint density at radius 3 is 1.17 bits per heavy atom. The molecule has 8 nitrogen and oxygen atoms in total. The third-order valence-electron chi connectivity index (χ3n) is 6.86. The molecule has 0 saturated carbocycles. The lowest BCUT2D eigenvalue weighted by atomic mass is 10.1. The number of hydrogen-bond donors (Lipinski definition) is 0. The van der Waals surface area contributed by atoms with Crippen LogP contribution in [0.4, 0.5) is 44.7 Å². The van der Waals surface area contributed by atoms with Crippen molar-refractivity contribution < 1.29 is 63.7 Å². The summed E-state index contributed by atoms with van der Waals surface area (Å²) in [5.41, 5.74) is -3.96. The van der Waals surface area contributed by atoms with E-state index < -0.39 is 59.8 Å². The molecule has 0 N–H and O–H groups in total. The second-order valence-corrected chi connectivity index (χ2v) is 21.3. The summed E-state index contributed by atoms with van der Waals surface area (Å²) in [5.74, 6) is -0.736. The van der Waals surface area contributed by atoms with Gasteiger partial charge in [0, 0.05) is 43.1 Å². The number of benzene rings is 2. The van der Waals surface area contributed by atoms with Gasteiger partial charge in [0.1, 0.15) is 30.8 Å². The highest BCUT2D eigenvalue weighted by Crippen LogP contribution is 2.43. The lowest BCUT2D eigenvalue weighted by Gasteiger charge is -2.34. The number of amides is 2. The van der Waals surface area contributed by atoms with Gasteiger partial charge in [0.15, 0.2) is 0 Å². The molecule has 2 amide bonds. The maximum absolute atomic E-state index is 14.0. The van der Waals surface area contributed by atoms with Gasteiger partial charge >= 0.3 is 34.8 Å². The molecule has 0 fully saturated rings. The Balaban J connectivity index is 0.000000533. The van der Waals surface area contributed by atoms with Gasteiger partial charge in [-0.3, -0.25) is 0 Å². The summed E-state index contributed by atoms with van der Waals surface area (Å²) >= 11 is 1.59. The predicted molar refractivity (Wildman–Crippen MR) is 191 cm³/mol. The normalized spacial score (nSPS) is 13.0. The van der Waals surface area contributed by atoms with Crippen molar-refractivity contribution in [2.75, 3.05) is 27.2 Å². The molecule has 2 aromatic rings. The minimum Gasteiger partial charge on any atom is -0.444 e. The van der Waals surface area contributed by atoms with Crippen LogP contribution < -0.4 is 9.47 Å². The Morgan fingerprint density at radius 1 is 0.604 bits per heavy atom. The van der Waals surface area contributed by atoms with Crippen LogP contribution in [0.15, 0.2) is 48.5 Å². The Kier molecular flexibility index (Phi) is 16.1. The Labute approximate surface area is 315 Å². The van der Waals surface area contributed by atoms with Crippen molar-refractivity contribution in [1.29, 1.82) is 0 Å². The van der Waals surface area contributed by atoms with Crippen molar-refractivity contribution in [3.05, 3.63) is 59.7 Å². The molecule has 0 aliphatic carbocycles. The quantitative estimate of drug-likeness (QED) is 0.113. The van der Waals surface area contributed by atoms with Crippen LogP contribution in [0, 0.1) is 0 Å². The molecule has 2 aromatic carbocycles. The smallest absolute Gasteiger partial charge is 0.444 e. The summed E-state index contributed by atoms with van der Waals surface area (Å²) in [4.78, 5) is 22.0. The van der Waals surface area contributed by atoms with Gasteiger partial charge in [-0.2, -0.15) is 26.3 Å². The number of rotatable bonds is 13. The fourth-order valence-electron chi connectivity index (χ4n) is 3.76. The fraction of sp³-hybridized carbons (Fsp3) is 0.600. The van der Waals surface area contributed by atoms with E-state index in [1.165, 1.54) is 46.2 Å². The number of nitrogens with zero attached hydrogens (tertiary/aromatic N) is 2. The van der Waals surface area contributed by atoms with Crippen LogP contribution in [0.25, 0.3) is 0 Å². The molecule has 2 rings (SSSR count). The van der Waals surface area contributed by atoms with Gasteiger partial charge in [0.25, 0.3) is 0 Å². The summed E-state index contributed by atoms with van der Waals surface area (Å²) in [7, 11) is -0.335. The predicted octanol–water partition coefficient (Wildman–Crippen LogP) is 10.6. The van der Waals surface area contributed by atoms with E-state index in [1.807, 2.05) is 0 Å². The number of carbonyl (C=O) groups excluding carboxylic acids is 2. The van der Waals surface area contributed by atoms with Crippen molar-refractivity contribution in [2.45, 2.75) is 108 Å². The molecule has 0 unspecified atom stereocenters. The van der Waals surface area contributed by atoms with Gasteiger partial charge in [0.2, 0.25) is 0 Å². The lowest BCUT2D eigenvalue weighted by Crippen LogP contribution is -2.59. The number of likely N-dealkylation sites (N-methyl/N-ethyl adjacent to an activating group) is 2. The Bertz CT molecular complexity index is 1470. The molecular weight excluding hydrogens is 804 g/mol. The van der Waals surface area contributed by atoms with Crippen molar-refractivity contribution >= 4 is 36.2 Å². The zero-order valence-electron chi connectivity index (χ0n) is 31.7. The first-order valence-electron chi connectivity index (χ1n) is 16.3. The maximum Gasteiger partial charge on any atom is 0.475 e. The van der Waals surface area contributed by atoms with Crippen LogP contribution in [-0.4, -0.2) is 91.0 Å². The fourth-order valence-corrected chi connectivity index (χ4v) is 4.76. The minimum absolute atomic E-state index is 0.338. The summed E-state index contributed by atoms with van der Waals surface area (Å²) in [6.45, 7) is 14.7. The molecule has 0 spiro atoms. The van der Waals surface area contributed by atoms with Crippen LogP contribution in [0.5, 0.6) is 11.5 Å². The van der Waals surface area contributed by atoms with Crippen LogP contribution in [0.3, 0.4) is 0 Å². The molecule has 0 heterocycles. The Hall–Kier alpha value is -3.28. The molecule has 0 aromatic heterocycles. The number of alkyl halides is 9. The van der Waals surface area contributed by atoms with Crippen molar-refractivity contribution in [1.82, 2.24) is 9.80 Å². The summed E-state index contributed by atoms with van der Waals surface area (Å²) in [6, 6.07) is 10.7. The van der Waals surface area contributed by atoms with E-state index in [9.17, 15) is 44.7 Å². The van der Waals surface area contributed by atoms with E-state index in [-0.39, 0.29) is 5.75 Å². The number of carbonyl (C=O) groups is 2. The average Bonchev–Trinajstić information content (AvgIpc) is 2.97. The summed E-state index contributed by atoms with van der Waals surface area (Å²) in [6.07, 6.45) is -9.34. The van der Waals surface area contributed by atoms with Gasteiger partial charge in [-0.05, 0) is 89.8 Å². The zero-order chi connectivity index (χ0) is 41.4. The standard InChI is InChI=1S/C19H29F4NO3Si.C16H20BrF4NO3/c1-17(2,3)27-16(25)24(4)13-12-14-8-10-15(11-9-14)26-18(20,21)19(22,23)28(5,6)7;1-14(2,3)25-13(23)22(4)10-9-11-5-7-12(8-6-11)24-16(20,21)15(17,18)19/h8-11H,12-13H2,1-7H3;5-8H,9-10H2,1-4H3. The largest absolute Gasteiger partial charge is 0.475 e. The molecule has 302 valence electrons. The van der Waals surface area contributed by atoms with Gasteiger partial charge < -0.3 is 28.7 Å². The van der Waals surface area contributed by atoms with E-state index in [4.69, 9.17) is 9.47 Å². The van der Waals surface area contributed by atoms with Gasteiger partial charge in [0.05, 0.1) is 0 Å². The van der Waals surface area contributed by atoms with E-state index in [1.54, 1.807) is 71.6 Å². The van der Waals surface area contributed by atoms with E-state index >= 15 is 0 Å². The van der Waals surface area contributed by atoms with Gasteiger partial charge in [-0.1, -0.05) is 43.9 Å². The molecule has 0 bridgehead atoms. The average molecular weight is 854 g/mol. The van der Waals surface area contributed by atoms with Crippen molar-refractivity contribution in [3.8, 4) is 11.5 Å². The third kappa shape index (κ3) is 15.9. The van der Waals surface area contributed by atoms with Gasteiger partial charge in [-0.25, -0.2) is 18.4 Å².